The number of likely N-dealkylation sites (N-methyl/N-ethyl adjacent to an activating group) is 1. The zero-order valence-electron chi connectivity index (χ0n) is 12.7. The van der Waals surface area contributed by atoms with Crippen LogP contribution < -0.4 is 0 Å². The lowest BCUT2D eigenvalue weighted by molar-refractivity contribution is -0.0148. The molecule has 0 aromatic rings. The van der Waals surface area contributed by atoms with Gasteiger partial charge in [-0.3, -0.25) is 4.90 Å². The van der Waals surface area contributed by atoms with Gasteiger partial charge in [0.25, 0.3) is 0 Å². The number of rotatable bonds is 2. The Morgan fingerprint density at radius 1 is 1.06 bits per heavy atom. The normalized spacial score (nSPS) is 38.0. The molecule has 2 aliphatic carbocycles. The standard InChI is InChI=1S/C16H31NO/c1-12-5-6-15(18)14(11-12)17(4)13-7-9-16(2,3)10-8-13/h12-15,18H,5-11H2,1-4H3. The SMILES string of the molecule is CC1CCC(O)C(N(C)C2CCC(C)(C)CC2)C1. The Hall–Kier alpha value is -0.0800. The van der Waals surface area contributed by atoms with Crippen LogP contribution in [-0.2, 0) is 0 Å². The molecule has 2 heteroatoms. The minimum absolute atomic E-state index is 0.0962. The van der Waals surface area contributed by atoms with Crippen molar-refractivity contribution in [2.45, 2.75) is 83.9 Å². The molecule has 2 aliphatic rings. The minimum atomic E-state index is -0.0962. The van der Waals surface area contributed by atoms with Crippen LogP contribution in [0.5, 0.6) is 0 Å². The molecule has 0 aromatic heterocycles. The fourth-order valence-corrected chi connectivity index (χ4v) is 3.83. The average Bonchev–Trinajstić information content (AvgIpc) is 2.31. The molecule has 0 radical (unpaired) electrons. The summed E-state index contributed by atoms with van der Waals surface area (Å²) in [4.78, 5) is 2.51. The summed E-state index contributed by atoms with van der Waals surface area (Å²) in [5.41, 5.74) is 0.538. The van der Waals surface area contributed by atoms with E-state index >= 15 is 0 Å². The van der Waals surface area contributed by atoms with Crippen LogP contribution in [0.1, 0.15) is 65.7 Å². The molecule has 0 amide bonds. The van der Waals surface area contributed by atoms with Gasteiger partial charge >= 0.3 is 0 Å². The van der Waals surface area contributed by atoms with Crippen molar-refractivity contribution in [3.8, 4) is 0 Å². The van der Waals surface area contributed by atoms with Crippen LogP contribution >= 0.6 is 0 Å². The van der Waals surface area contributed by atoms with E-state index in [-0.39, 0.29) is 6.10 Å². The van der Waals surface area contributed by atoms with Gasteiger partial charge in [-0.25, -0.2) is 0 Å². The van der Waals surface area contributed by atoms with Crippen molar-refractivity contribution in [3.05, 3.63) is 0 Å². The summed E-state index contributed by atoms with van der Waals surface area (Å²) in [6.07, 6.45) is 8.55. The zero-order chi connectivity index (χ0) is 13.3. The molecule has 2 rings (SSSR count). The Morgan fingerprint density at radius 2 is 1.67 bits per heavy atom. The van der Waals surface area contributed by atoms with Crippen molar-refractivity contribution in [1.29, 1.82) is 0 Å². The maximum absolute atomic E-state index is 10.2. The van der Waals surface area contributed by atoms with Crippen LogP contribution in [-0.4, -0.2) is 35.2 Å². The second-order valence-electron chi connectivity index (χ2n) is 7.61. The fourth-order valence-electron chi connectivity index (χ4n) is 3.83. The summed E-state index contributed by atoms with van der Waals surface area (Å²) in [5.74, 6) is 0.779. The highest BCUT2D eigenvalue weighted by Gasteiger charge is 2.36. The molecular formula is C16H31NO. The molecule has 18 heavy (non-hydrogen) atoms. The predicted octanol–water partition coefficient (Wildman–Crippen LogP) is 3.44. The third kappa shape index (κ3) is 3.27. The van der Waals surface area contributed by atoms with E-state index in [1.165, 1.54) is 38.5 Å². The van der Waals surface area contributed by atoms with Crippen LogP contribution in [0.15, 0.2) is 0 Å². The molecule has 2 nitrogen and oxygen atoms in total. The minimum Gasteiger partial charge on any atom is -0.391 e. The zero-order valence-corrected chi connectivity index (χ0v) is 12.7. The first-order valence-electron chi connectivity index (χ1n) is 7.79. The molecule has 106 valence electrons. The summed E-state index contributed by atoms with van der Waals surface area (Å²) < 4.78 is 0. The van der Waals surface area contributed by atoms with Gasteiger partial charge in [0.05, 0.1) is 6.10 Å². The smallest absolute Gasteiger partial charge is 0.0695 e. The molecule has 1 N–H and O–H groups in total. The number of nitrogens with zero attached hydrogens (tertiary/aromatic N) is 1. The highest BCUT2D eigenvalue weighted by Crippen LogP contribution is 2.38. The van der Waals surface area contributed by atoms with Gasteiger partial charge in [-0.1, -0.05) is 20.8 Å². The molecule has 0 aliphatic heterocycles. The largest absolute Gasteiger partial charge is 0.391 e. The molecular weight excluding hydrogens is 222 g/mol. The summed E-state index contributed by atoms with van der Waals surface area (Å²) in [7, 11) is 2.24. The topological polar surface area (TPSA) is 23.5 Å². The van der Waals surface area contributed by atoms with E-state index < -0.39 is 0 Å². The lowest BCUT2D eigenvalue weighted by Crippen LogP contribution is -2.50. The van der Waals surface area contributed by atoms with Gasteiger partial charge in [0.2, 0.25) is 0 Å². The number of hydrogen-bond acceptors (Lipinski definition) is 2. The summed E-state index contributed by atoms with van der Waals surface area (Å²) in [5, 5.41) is 10.2. The van der Waals surface area contributed by atoms with Gasteiger partial charge in [-0.05, 0) is 63.3 Å². The molecule has 0 bridgehead atoms. The highest BCUT2D eigenvalue weighted by molar-refractivity contribution is 4.90. The van der Waals surface area contributed by atoms with E-state index in [1.807, 2.05) is 0 Å². The molecule has 0 heterocycles. The molecule has 0 spiro atoms. The Morgan fingerprint density at radius 3 is 2.28 bits per heavy atom. The lowest BCUT2D eigenvalue weighted by atomic mass is 9.74. The van der Waals surface area contributed by atoms with Crippen molar-refractivity contribution in [1.82, 2.24) is 4.90 Å². The van der Waals surface area contributed by atoms with E-state index in [0.29, 0.717) is 17.5 Å². The van der Waals surface area contributed by atoms with E-state index in [9.17, 15) is 5.11 Å². The van der Waals surface area contributed by atoms with Crippen molar-refractivity contribution < 1.29 is 5.11 Å². The van der Waals surface area contributed by atoms with Gasteiger partial charge in [-0.2, -0.15) is 0 Å². The Labute approximate surface area is 113 Å². The van der Waals surface area contributed by atoms with E-state index in [0.717, 1.165) is 12.3 Å². The summed E-state index contributed by atoms with van der Waals surface area (Å²) >= 11 is 0. The monoisotopic (exact) mass is 253 g/mol. The quantitative estimate of drug-likeness (QED) is 0.815. The van der Waals surface area contributed by atoms with E-state index in [4.69, 9.17) is 0 Å². The second kappa shape index (κ2) is 5.50. The molecule has 2 fully saturated rings. The summed E-state index contributed by atoms with van der Waals surface area (Å²) in [6, 6.07) is 1.10. The van der Waals surface area contributed by atoms with Crippen LogP contribution in [0, 0.1) is 11.3 Å². The van der Waals surface area contributed by atoms with Crippen molar-refractivity contribution in [2.75, 3.05) is 7.05 Å². The van der Waals surface area contributed by atoms with E-state index in [1.54, 1.807) is 0 Å². The van der Waals surface area contributed by atoms with Crippen molar-refractivity contribution in [3.63, 3.8) is 0 Å². The molecule has 2 saturated carbocycles. The Bertz CT molecular complexity index is 266. The van der Waals surface area contributed by atoms with Gasteiger partial charge in [0.1, 0.15) is 0 Å². The lowest BCUT2D eigenvalue weighted by Gasteiger charge is -2.45. The first-order chi connectivity index (χ1) is 8.39. The third-order valence-corrected chi connectivity index (χ3v) is 5.45. The van der Waals surface area contributed by atoms with Crippen molar-refractivity contribution >= 4 is 0 Å². The average molecular weight is 253 g/mol. The van der Waals surface area contributed by atoms with Crippen LogP contribution in [0.25, 0.3) is 0 Å². The van der Waals surface area contributed by atoms with Gasteiger partial charge in [0, 0.05) is 12.1 Å². The Balaban J connectivity index is 1.92. The number of aliphatic hydroxyl groups is 1. The number of aliphatic hydroxyl groups excluding tert-OH is 1. The molecule has 0 aromatic carbocycles. The highest BCUT2D eigenvalue weighted by atomic mass is 16.3. The van der Waals surface area contributed by atoms with Crippen molar-refractivity contribution in [2.24, 2.45) is 11.3 Å². The first kappa shape index (κ1) is 14.3. The number of hydrogen-bond donors (Lipinski definition) is 1. The van der Waals surface area contributed by atoms with Gasteiger partial charge in [-0.15, -0.1) is 0 Å². The maximum atomic E-state index is 10.2. The van der Waals surface area contributed by atoms with Gasteiger partial charge in [0.15, 0.2) is 0 Å². The Kier molecular flexibility index (Phi) is 4.38. The second-order valence-corrected chi connectivity index (χ2v) is 7.61. The predicted molar refractivity (Wildman–Crippen MR) is 76.6 cm³/mol. The molecule has 3 unspecified atom stereocenters. The van der Waals surface area contributed by atoms with Crippen LogP contribution in [0.2, 0.25) is 0 Å². The molecule has 3 atom stereocenters. The van der Waals surface area contributed by atoms with Crippen LogP contribution in [0.3, 0.4) is 0 Å². The maximum Gasteiger partial charge on any atom is 0.0695 e. The van der Waals surface area contributed by atoms with E-state index in [2.05, 4.69) is 32.7 Å². The first-order valence-corrected chi connectivity index (χ1v) is 7.79. The van der Waals surface area contributed by atoms with Gasteiger partial charge < -0.3 is 5.11 Å². The summed E-state index contributed by atoms with van der Waals surface area (Å²) in [6.45, 7) is 7.11. The fraction of sp³-hybridized carbons (Fsp3) is 1.00. The third-order valence-electron chi connectivity index (χ3n) is 5.45. The molecule has 0 saturated heterocycles. The van der Waals surface area contributed by atoms with Crippen LogP contribution in [0.4, 0.5) is 0 Å².